The number of benzene rings is 9. The highest BCUT2D eigenvalue weighted by Crippen LogP contribution is 2.45. The summed E-state index contributed by atoms with van der Waals surface area (Å²) >= 11 is 1.86. The van der Waals surface area contributed by atoms with Crippen LogP contribution in [-0.2, 0) is 0 Å². The maximum absolute atomic E-state index is 6.95. The molecule has 0 N–H and O–H groups in total. The standard InChI is InChI=1S/C55H35NOS/c1-33-36(30-31-49(56-53(33)34-14-3-2-4-15-34)46-24-12-23-45-43-20-9-10-27-51(43)58-55(45)46)44-22-11-25-47-52-37(21-13-26-50(52)57-54(44)47)35-28-29-42-40-18-6-5-16-38(40)39-17-7-8-19-41(39)48(42)32-35/h2-30,32H,31H2,1H3. The summed E-state index contributed by atoms with van der Waals surface area (Å²) < 4.78 is 9.53. The maximum Gasteiger partial charge on any atom is 0.143 e. The number of nitrogens with zero attached hydrogens (tertiary/aromatic N) is 1. The van der Waals surface area contributed by atoms with Gasteiger partial charge in [-0.3, -0.25) is 4.99 Å². The first kappa shape index (κ1) is 33.1. The molecule has 1 aliphatic rings. The lowest BCUT2D eigenvalue weighted by Gasteiger charge is -2.13. The molecule has 0 saturated carbocycles. The van der Waals surface area contributed by atoms with Gasteiger partial charge < -0.3 is 4.42 Å². The van der Waals surface area contributed by atoms with E-state index in [1.54, 1.807) is 0 Å². The third kappa shape index (κ3) is 5.00. The van der Waals surface area contributed by atoms with Crippen LogP contribution in [0.2, 0.25) is 0 Å². The summed E-state index contributed by atoms with van der Waals surface area (Å²) in [6, 6.07) is 63.6. The van der Waals surface area contributed by atoms with Crippen LogP contribution in [0.15, 0.2) is 197 Å². The molecule has 1 aliphatic heterocycles. The molecule has 3 heterocycles. The third-order valence-corrected chi connectivity index (χ3v) is 13.4. The Hall–Kier alpha value is -7.07. The number of thiophene rings is 1. The normalized spacial score (nSPS) is 13.7. The van der Waals surface area contributed by atoms with Crippen molar-refractivity contribution in [3.05, 3.63) is 204 Å². The topological polar surface area (TPSA) is 25.5 Å². The number of allylic oxidation sites excluding steroid dienone is 3. The fraction of sp³-hybridized carbons (Fsp3) is 0.0364. The fourth-order valence-corrected chi connectivity index (χ4v) is 10.7. The van der Waals surface area contributed by atoms with Crippen LogP contribution in [0.25, 0.3) is 96.8 Å². The van der Waals surface area contributed by atoms with Crippen LogP contribution in [0, 0.1) is 0 Å². The molecule has 2 aromatic heterocycles. The van der Waals surface area contributed by atoms with Crippen molar-refractivity contribution in [1.82, 2.24) is 0 Å². The minimum absolute atomic E-state index is 0.692. The molecule has 0 unspecified atom stereocenters. The Balaban J connectivity index is 1.04. The first-order chi connectivity index (χ1) is 28.7. The quantitative estimate of drug-likeness (QED) is 0.164. The van der Waals surface area contributed by atoms with Gasteiger partial charge in [0, 0.05) is 54.1 Å². The molecule has 11 aromatic rings. The fourth-order valence-electron chi connectivity index (χ4n) is 9.45. The van der Waals surface area contributed by atoms with E-state index < -0.39 is 0 Å². The van der Waals surface area contributed by atoms with Crippen LogP contribution in [0.3, 0.4) is 0 Å². The summed E-state index contributed by atoms with van der Waals surface area (Å²) in [5.41, 5.74) is 11.8. The van der Waals surface area contributed by atoms with Gasteiger partial charge in [-0.1, -0.05) is 164 Å². The Morgan fingerprint density at radius 1 is 0.483 bits per heavy atom. The SMILES string of the molecule is CC1=C(c2ccccc2)N=C(c2cccc3c2sc2ccccc23)CC=C1c1cccc2c1oc1cccc(-c3ccc4c5ccccc5c5ccccc5c4c3)c12. The highest BCUT2D eigenvalue weighted by Gasteiger charge is 2.23. The second-order valence-corrected chi connectivity index (χ2v) is 16.4. The summed E-state index contributed by atoms with van der Waals surface area (Å²) in [6.07, 6.45) is 3.07. The van der Waals surface area contributed by atoms with Crippen LogP contribution < -0.4 is 0 Å². The third-order valence-electron chi connectivity index (χ3n) is 12.1. The Morgan fingerprint density at radius 2 is 1.09 bits per heavy atom. The van der Waals surface area contributed by atoms with Crippen LogP contribution in [0.4, 0.5) is 0 Å². The number of hydrogen-bond donors (Lipinski definition) is 0. The summed E-state index contributed by atoms with van der Waals surface area (Å²) in [7, 11) is 0. The Bertz CT molecular complexity index is 3560. The molecule has 12 rings (SSSR count). The maximum atomic E-state index is 6.95. The highest BCUT2D eigenvalue weighted by molar-refractivity contribution is 7.26. The second kappa shape index (κ2) is 13.0. The molecule has 0 fully saturated rings. The molecule has 0 amide bonds. The van der Waals surface area contributed by atoms with Crippen LogP contribution in [0.5, 0.6) is 0 Å². The van der Waals surface area contributed by atoms with Crippen molar-refractivity contribution in [2.45, 2.75) is 13.3 Å². The van der Waals surface area contributed by atoms with Gasteiger partial charge in [-0.25, -0.2) is 0 Å². The summed E-state index contributed by atoms with van der Waals surface area (Å²) in [6.45, 7) is 2.22. The molecule has 0 bridgehead atoms. The van der Waals surface area contributed by atoms with Crippen molar-refractivity contribution in [2.75, 3.05) is 0 Å². The number of rotatable bonds is 4. The molecular weight excluding hydrogens is 723 g/mol. The van der Waals surface area contributed by atoms with Crippen molar-refractivity contribution in [2.24, 2.45) is 4.99 Å². The molecule has 0 saturated heterocycles. The van der Waals surface area contributed by atoms with E-state index in [4.69, 9.17) is 9.41 Å². The molecule has 0 atom stereocenters. The largest absolute Gasteiger partial charge is 0.455 e. The number of fused-ring (bicyclic) bond motifs is 12. The van der Waals surface area contributed by atoms with E-state index in [-0.39, 0.29) is 0 Å². The van der Waals surface area contributed by atoms with Crippen LogP contribution in [-0.4, -0.2) is 5.71 Å². The van der Waals surface area contributed by atoms with Crippen LogP contribution >= 0.6 is 11.3 Å². The van der Waals surface area contributed by atoms with Crippen molar-refractivity contribution < 1.29 is 4.42 Å². The van der Waals surface area contributed by atoms with E-state index in [2.05, 4.69) is 189 Å². The van der Waals surface area contributed by atoms with Gasteiger partial charge in [-0.05, 0) is 79.7 Å². The molecule has 2 nitrogen and oxygen atoms in total. The summed E-state index contributed by atoms with van der Waals surface area (Å²) in [4.78, 5) is 5.56. The smallest absolute Gasteiger partial charge is 0.143 e. The van der Waals surface area contributed by atoms with E-state index in [1.807, 2.05) is 11.3 Å². The predicted octanol–water partition coefficient (Wildman–Crippen LogP) is 15.8. The Kier molecular flexibility index (Phi) is 7.41. The van der Waals surface area contributed by atoms with E-state index in [1.165, 1.54) is 69.2 Å². The minimum atomic E-state index is 0.692. The average molecular weight is 758 g/mol. The lowest BCUT2D eigenvalue weighted by Crippen LogP contribution is -2.00. The van der Waals surface area contributed by atoms with E-state index in [0.29, 0.717) is 6.42 Å². The van der Waals surface area contributed by atoms with Gasteiger partial charge in [0.1, 0.15) is 11.2 Å². The van der Waals surface area contributed by atoms with Gasteiger partial charge in [0.05, 0.1) is 11.4 Å². The van der Waals surface area contributed by atoms with Crippen molar-refractivity contribution in [1.29, 1.82) is 0 Å². The molecule has 58 heavy (non-hydrogen) atoms. The molecule has 9 aromatic carbocycles. The molecule has 3 heteroatoms. The molecular formula is C55H35NOS. The zero-order chi connectivity index (χ0) is 38.3. The van der Waals surface area contributed by atoms with Gasteiger partial charge in [-0.15, -0.1) is 11.3 Å². The Labute approximate surface area is 339 Å². The van der Waals surface area contributed by atoms with Gasteiger partial charge >= 0.3 is 0 Å². The van der Waals surface area contributed by atoms with Crippen molar-refractivity contribution in [3.63, 3.8) is 0 Å². The second-order valence-electron chi connectivity index (χ2n) is 15.3. The van der Waals surface area contributed by atoms with Crippen molar-refractivity contribution >= 4 is 103 Å². The molecule has 0 aliphatic carbocycles. The lowest BCUT2D eigenvalue weighted by atomic mass is 9.90. The molecule has 0 spiro atoms. The lowest BCUT2D eigenvalue weighted by molar-refractivity contribution is 0.668. The number of para-hydroxylation sites is 1. The number of aliphatic imine (C=N–C) groups is 1. The van der Waals surface area contributed by atoms with Gasteiger partial charge in [-0.2, -0.15) is 0 Å². The van der Waals surface area contributed by atoms with E-state index >= 15 is 0 Å². The number of hydrogen-bond acceptors (Lipinski definition) is 3. The average Bonchev–Trinajstić information content (AvgIpc) is 3.82. The molecule has 0 radical (unpaired) electrons. The van der Waals surface area contributed by atoms with E-state index in [0.717, 1.165) is 55.6 Å². The zero-order valence-corrected chi connectivity index (χ0v) is 32.6. The summed E-state index contributed by atoms with van der Waals surface area (Å²) in [5.74, 6) is 0. The van der Waals surface area contributed by atoms with Gasteiger partial charge in [0.15, 0.2) is 0 Å². The van der Waals surface area contributed by atoms with Crippen LogP contribution in [0.1, 0.15) is 30.0 Å². The highest BCUT2D eigenvalue weighted by atomic mass is 32.1. The number of furan rings is 1. The predicted molar refractivity (Wildman–Crippen MR) is 249 cm³/mol. The van der Waals surface area contributed by atoms with Gasteiger partial charge in [0.2, 0.25) is 0 Å². The first-order valence-corrected chi connectivity index (χ1v) is 20.7. The first-order valence-electron chi connectivity index (χ1n) is 19.9. The van der Waals surface area contributed by atoms with E-state index in [9.17, 15) is 0 Å². The monoisotopic (exact) mass is 757 g/mol. The van der Waals surface area contributed by atoms with Crippen molar-refractivity contribution in [3.8, 4) is 11.1 Å². The zero-order valence-electron chi connectivity index (χ0n) is 31.8. The van der Waals surface area contributed by atoms with Gasteiger partial charge in [0.25, 0.3) is 0 Å². The molecule has 272 valence electrons. The summed E-state index contributed by atoms with van der Waals surface area (Å²) in [5, 5.41) is 12.5. The Morgan fingerprint density at radius 3 is 1.86 bits per heavy atom. The minimum Gasteiger partial charge on any atom is -0.455 e.